The Morgan fingerprint density at radius 2 is 2.00 bits per heavy atom. The highest BCUT2D eigenvalue weighted by Gasteiger charge is 2.28. The van der Waals surface area contributed by atoms with Gasteiger partial charge in [-0.2, -0.15) is 9.36 Å². The Morgan fingerprint density at radius 3 is 2.69 bits per heavy atom. The van der Waals surface area contributed by atoms with Gasteiger partial charge in [0.1, 0.15) is 17.3 Å². The first-order chi connectivity index (χ1) is 7.81. The standard InChI is InChI=1S/C11H10N2O2S/c14-8-3-5-9(6-4-8)15-11-12-10(13-16-11)7-1-2-7/h3-7,14H,1-2H2. The van der Waals surface area contributed by atoms with Crippen molar-refractivity contribution in [2.45, 2.75) is 18.8 Å². The van der Waals surface area contributed by atoms with E-state index in [0.29, 0.717) is 16.9 Å². The highest BCUT2D eigenvalue weighted by atomic mass is 32.1. The largest absolute Gasteiger partial charge is 0.508 e. The van der Waals surface area contributed by atoms with Crippen LogP contribution in [0, 0.1) is 0 Å². The summed E-state index contributed by atoms with van der Waals surface area (Å²) in [5, 5.41) is 9.69. The highest BCUT2D eigenvalue weighted by Crippen LogP contribution is 2.40. The van der Waals surface area contributed by atoms with E-state index in [-0.39, 0.29) is 5.75 Å². The Kier molecular flexibility index (Phi) is 2.25. The molecule has 1 heterocycles. The molecule has 4 nitrogen and oxygen atoms in total. The van der Waals surface area contributed by atoms with Crippen LogP contribution in [0.2, 0.25) is 0 Å². The molecule has 0 saturated heterocycles. The summed E-state index contributed by atoms with van der Waals surface area (Å²) in [7, 11) is 0. The molecule has 82 valence electrons. The SMILES string of the molecule is Oc1ccc(Oc2nc(C3CC3)ns2)cc1. The number of nitrogens with zero attached hydrogens (tertiary/aromatic N) is 2. The van der Waals surface area contributed by atoms with Crippen LogP contribution in [0.25, 0.3) is 0 Å². The summed E-state index contributed by atoms with van der Waals surface area (Å²) in [6.45, 7) is 0. The van der Waals surface area contributed by atoms with Crippen LogP contribution >= 0.6 is 11.5 Å². The molecule has 1 N–H and O–H groups in total. The van der Waals surface area contributed by atoms with E-state index in [1.807, 2.05) is 0 Å². The van der Waals surface area contributed by atoms with Crippen molar-refractivity contribution in [3.8, 4) is 16.7 Å². The van der Waals surface area contributed by atoms with Gasteiger partial charge in [-0.15, -0.1) is 0 Å². The molecule has 1 aromatic heterocycles. The maximum atomic E-state index is 9.13. The van der Waals surface area contributed by atoms with E-state index in [9.17, 15) is 0 Å². The fourth-order valence-electron chi connectivity index (χ4n) is 1.38. The van der Waals surface area contributed by atoms with E-state index in [0.717, 1.165) is 5.82 Å². The molecule has 0 radical (unpaired) electrons. The van der Waals surface area contributed by atoms with Crippen LogP contribution in [0.3, 0.4) is 0 Å². The monoisotopic (exact) mass is 234 g/mol. The fourth-order valence-corrected chi connectivity index (χ4v) is 2.01. The Morgan fingerprint density at radius 1 is 1.25 bits per heavy atom. The van der Waals surface area contributed by atoms with Crippen LogP contribution in [-0.2, 0) is 0 Å². The van der Waals surface area contributed by atoms with E-state index in [2.05, 4.69) is 9.36 Å². The van der Waals surface area contributed by atoms with Gasteiger partial charge in [-0.1, -0.05) is 0 Å². The second-order valence-electron chi connectivity index (χ2n) is 3.79. The molecule has 0 unspecified atom stereocenters. The van der Waals surface area contributed by atoms with Crippen molar-refractivity contribution in [2.75, 3.05) is 0 Å². The van der Waals surface area contributed by atoms with Crippen molar-refractivity contribution in [1.29, 1.82) is 0 Å². The average molecular weight is 234 g/mol. The number of benzene rings is 1. The first kappa shape index (κ1) is 9.59. The molecule has 0 atom stereocenters. The van der Waals surface area contributed by atoms with Gasteiger partial charge >= 0.3 is 0 Å². The smallest absolute Gasteiger partial charge is 0.298 e. The van der Waals surface area contributed by atoms with Crippen molar-refractivity contribution in [3.05, 3.63) is 30.1 Å². The predicted octanol–water partition coefficient (Wildman–Crippen LogP) is 2.91. The molecule has 0 aliphatic heterocycles. The number of hydrogen-bond acceptors (Lipinski definition) is 5. The summed E-state index contributed by atoms with van der Waals surface area (Å²) in [6.07, 6.45) is 2.38. The fraction of sp³-hybridized carbons (Fsp3) is 0.273. The third-order valence-corrected chi connectivity index (χ3v) is 3.02. The first-order valence-electron chi connectivity index (χ1n) is 5.12. The van der Waals surface area contributed by atoms with Gasteiger partial charge in [0.05, 0.1) is 0 Å². The maximum Gasteiger partial charge on any atom is 0.298 e. The number of phenolic OH excluding ortho intramolecular Hbond substituents is 1. The zero-order valence-electron chi connectivity index (χ0n) is 8.46. The van der Waals surface area contributed by atoms with Crippen molar-refractivity contribution in [3.63, 3.8) is 0 Å². The number of rotatable bonds is 3. The second kappa shape index (κ2) is 3.75. The van der Waals surface area contributed by atoms with E-state index >= 15 is 0 Å². The van der Waals surface area contributed by atoms with Crippen LogP contribution in [0.4, 0.5) is 0 Å². The summed E-state index contributed by atoms with van der Waals surface area (Å²) in [5.74, 6) is 2.34. The van der Waals surface area contributed by atoms with Gasteiger partial charge in [-0.25, -0.2) is 0 Å². The summed E-state index contributed by atoms with van der Waals surface area (Å²) >= 11 is 1.27. The van der Waals surface area contributed by atoms with E-state index in [1.54, 1.807) is 24.3 Å². The molecule has 5 heteroatoms. The summed E-state index contributed by atoms with van der Waals surface area (Å²) in [5.41, 5.74) is 0. The van der Waals surface area contributed by atoms with Gasteiger partial charge in [0, 0.05) is 17.5 Å². The lowest BCUT2D eigenvalue weighted by Gasteiger charge is -1.99. The lowest BCUT2D eigenvalue weighted by Crippen LogP contribution is -1.84. The molecule has 0 spiro atoms. The summed E-state index contributed by atoms with van der Waals surface area (Å²) in [6, 6.07) is 6.57. The third kappa shape index (κ3) is 1.99. The molecular weight excluding hydrogens is 224 g/mol. The van der Waals surface area contributed by atoms with Crippen LogP contribution in [0.15, 0.2) is 24.3 Å². The molecule has 1 aliphatic carbocycles. The van der Waals surface area contributed by atoms with Crippen molar-refractivity contribution < 1.29 is 9.84 Å². The van der Waals surface area contributed by atoms with Gasteiger partial charge < -0.3 is 9.84 Å². The molecule has 1 aromatic carbocycles. The van der Waals surface area contributed by atoms with E-state index < -0.39 is 0 Å². The summed E-state index contributed by atoms with van der Waals surface area (Å²) < 4.78 is 9.77. The first-order valence-corrected chi connectivity index (χ1v) is 5.89. The predicted molar refractivity (Wildman–Crippen MR) is 60.1 cm³/mol. The molecule has 1 fully saturated rings. The topological polar surface area (TPSA) is 55.2 Å². The Labute approximate surface area is 96.7 Å². The average Bonchev–Trinajstić information content (AvgIpc) is 3.04. The Balaban J connectivity index is 1.75. The second-order valence-corrected chi connectivity index (χ2v) is 4.50. The lowest BCUT2D eigenvalue weighted by molar-refractivity contribution is 0.462. The van der Waals surface area contributed by atoms with Crippen LogP contribution in [-0.4, -0.2) is 14.5 Å². The maximum absolute atomic E-state index is 9.13. The molecule has 16 heavy (non-hydrogen) atoms. The number of ether oxygens (including phenoxy) is 1. The van der Waals surface area contributed by atoms with Crippen LogP contribution < -0.4 is 4.74 Å². The van der Waals surface area contributed by atoms with Gasteiger partial charge in [-0.05, 0) is 37.1 Å². The van der Waals surface area contributed by atoms with Crippen LogP contribution in [0.1, 0.15) is 24.6 Å². The highest BCUT2D eigenvalue weighted by molar-refractivity contribution is 7.07. The zero-order valence-corrected chi connectivity index (χ0v) is 9.28. The quantitative estimate of drug-likeness (QED) is 0.887. The Bertz CT molecular complexity index is 491. The minimum Gasteiger partial charge on any atom is -0.508 e. The normalized spacial score (nSPS) is 15.0. The van der Waals surface area contributed by atoms with Gasteiger partial charge in [-0.3, -0.25) is 0 Å². The lowest BCUT2D eigenvalue weighted by atomic mass is 10.3. The van der Waals surface area contributed by atoms with E-state index in [4.69, 9.17) is 9.84 Å². The van der Waals surface area contributed by atoms with Gasteiger partial charge in [0.2, 0.25) is 0 Å². The molecule has 3 rings (SSSR count). The van der Waals surface area contributed by atoms with Crippen LogP contribution in [0.5, 0.6) is 16.7 Å². The number of aromatic nitrogens is 2. The number of hydrogen-bond donors (Lipinski definition) is 1. The third-order valence-electron chi connectivity index (χ3n) is 2.41. The van der Waals surface area contributed by atoms with Crippen molar-refractivity contribution >= 4 is 11.5 Å². The molecule has 1 saturated carbocycles. The Hall–Kier alpha value is -1.62. The van der Waals surface area contributed by atoms with Gasteiger partial charge in [0.15, 0.2) is 0 Å². The zero-order chi connectivity index (χ0) is 11.0. The minimum atomic E-state index is 0.225. The minimum absolute atomic E-state index is 0.225. The number of aromatic hydroxyl groups is 1. The molecule has 0 bridgehead atoms. The summed E-state index contributed by atoms with van der Waals surface area (Å²) in [4.78, 5) is 4.31. The van der Waals surface area contributed by atoms with Crippen molar-refractivity contribution in [2.24, 2.45) is 0 Å². The van der Waals surface area contributed by atoms with Crippen molar-refractivity contribution in [1.82, 2.24) is 9.36 Å². The molecule has 0 amide bonds. The van der Waals surface area contributed by atoms with E-state index in [1.165, 1.54) is 24.4 Å². The number of phenols is 1. The molecular formula is C11H10N2O2S. The molecule has 2 aromatic rings. The van der Waals surface area contributed by atoms with Gasteiger partial charge in [0.25, 0.3) is 5.19 Å². The molecule has 1 aliphatic rings.